The second-order valence-electron chi connectivity index (χ2n) is 4.70. The Balaban J connectivity index is 2.20. The molecule has 1 N–H and O–H groups in total. The fraction of sp³-hybridized carbons (Fsp3) is 0.571. The molecule has 0 fully saturated rings. The fourth-order valence-corrected chi connectivity index (χ4v) is 3.45. The van der Waals surface area contributed by atoms with E-state index in [1.165, 1.54) is 34.9 Å². The van der Waals surface area contributed by atoms with E-state index in [4.69, 9.17) is 0 Å². The highest BCUT2D eigenvalue weighted by molar-refractivity contribution is 9.10. The molecule has 1 nitrogen and oxygen atoms in total. The summed E-state index contributed by atoms with van der Waals surface area (Å²) in [6.45, 7) is 5.70. The average molecular weight is 282 g/mol. The van der Waals surface area contributed by atoms with Gasteiger partial charge in [0.2, 0.25) is 0 Å². The van der Waals surface area contributed by atoms with Gasteiger partial charge in [0.25, 0.3) is 0 Å². The molecule has 0 saturated carbocycles. The van der Waals surface area contributed by atoms with Gasteiger partial charge < -0.3 is 5.32 Å². The van der Waals surface area contributed by atoms with Crippen molar-refractivity contribution in [2.75, 3.05) is 6.54 Å². The molecular weight excluding hydrogens is 262 g/mol. The lowest BCUT2D eigenvalue weighted by Crippen LogP contribution is -2.37. The maximum atomic E-state index is 3.69. The quantitative estimate of drug-likeness (QED) is 0.887. The molecule has 2 rings (SSSR count). The lowest BCUT2D eigenvalue weighted by Gasteiger charge is -2.32. The zero-order valence-electron chi connectivity index (χ0n) is 10.1. The Morgan fingerprint density at radius 2 is 2.25 bits per heavy atom. The van der Waals surface area contributed by atoms with E-state index in [1.54, 1.807) is 0 Å². The van der Waals surface area contributed by atoms with Crippen LogP contribution in [0.5, 0.6) is 0 Å². The smallest absolute Gasteiger partial charge is 0.0213 e. The van der Waals surface area contributed by atoms with Gasteiger partial charge in [0.05, 0.1) is 0 Å². The summed E-state index contributed by atoms with van der Waals surface area (Å²) in [6, 6.07) is 7.23. The molecular formula is C14H20BrN. The van der Waals surface area contributed by atoms with Gasteiger partial charge in [-0.2, -0.15) is 0 Å². The molecule has 1 aliphatic carbocycles. The van der Waals surface area contributed by atoms with Gasteiger partial charge in [-0.15, -0.1) is 0 Å². The Morgan fingerprint density at radius 3 is 3.00 bits per heavy atom. The van der Waals surface area contributed by atoms with E-state index in [0.29, 0.717) is 12.0 Å². The molecule has 0 radical (unpaired) electrons. The van der Waals surface area contributed by atoms with Crippen molar-refractivity contribution in [3.05, 3.63) is 33.8 Å². The minimum Gasteiger partial charge on any atom is -0.313 e. The third kappa shape index (κ3) is 2.33. The highest BCUT2D eigenvalue weighted by Crippen LogP contribution is 2.36. The molecule has 0 aromatic heterocycles. The van der Waals surface area contributed by atoms with E-state index < -0.39 is 0 Å². The summed E-state index contributed by atoms with van der Waals surface area (Å²) < 4.78 is 1.28. The van der Waals surface area contributed by atoms with Crippen LogP contribution in [0.4, 0.5) is 0 Å². The van der Waals surface area contributed by atoms with Crippen LogP contribution >= 0.6 is 15.9 Å². The van der Waals surface area contributed by atoms with E-state index in [9.17, 15) is 0 Å². The third-order valence-corrected chi connectivity index (χ3v) is 4.27. The Labute approximate surface area is 107 Å². The first-order valence-corrected chi connectivity index (χ1v) is 7.04. The van der Waals surface area contributed by atoms with Crippen molar-refractivity contribution in [1.82, 2.24) is 5.32 Å². The van der Waals surface area contributed by atoms with Crippen LogP contribution in [0.1, 0.15) is 43.7 Å². The number of hydrogen-bond acceptors (Lipinski definition) is 1. The fourth-order valence-electron chi connectivity index (χ4n) is 2.68. The highest BCUT2D eigenvalue weighted by Gasteiger charge is 2.26. The zero-order valence-corrected chi connectivity index (χ0v) is 11.7. The summed E-state index contributed by atoms with van der Waals surface area (Å²) >= 11 is 3.69. The topological polar surface area (TPSA) is 12.0 Å². The van der Waals surface area contributed by atoms with Crippen molar-refractivity contribution >= 4 is 15.9 Å². The van der Waals surface area contributed by atoms with Crippen LogP contribution in [0.15, 0.2) is 22.7 Å². The molecule has 16 heavy (non-hydrogen) atoms. The summed E-state index contributed by atoms with van der Waals surface area (Å²) in [7, 11) is 0. The van der Waals surface area contributed by atoms with Gasteiger partial charge in [0, 0.05) is 10.5 Å². The Kier molecular flexibility index (Phi) is 4.04. The van der Waals surface area contributed by atoms with E-state index in [2.05, 4.69) is 53.3 Å². The summed E-state index contributed by atoms with van der Waals surface area (Å²) in [4.78, 5) is 0. The molecule has 2 atom stereocenters. The Bertz CT molecular complexity index is 362. The minimum absolute atomic E-state index is 0.617. The number of rotatable bonds is 3. The van der Waals surface area contributed by atoms with Crippen LogP contribution in [0, 0.1) is 0 Å². The summed E-state index contributed by atoms with van der Waals surface area (Å²) in [5, 5.41) is 3.67. The Morgan fingerprint density at radius 1 is 1.44 bits per heavy atom. The maximum Gasteiger partial charge on any atom is 0.0213 e. The van der Waals surface area contributed by atoms with Gasteiger partial charge in [-0.1, -0.05) is 41.9 Å². The molecule has 0 spiro atoms. The molecule has 0 saturated heterocycles. The predicted molar refractivity (Wildman–Crippen MR) is 73.0 cm³/mol. The number of nitrogens with one attached hydrogen (secondary N) is 1. The van der Waals surface area contributed by atoms with Gasteiger partial charge in [-0.3, -0.25) is 0 Å². The molecule has 88 valence electrons. The van der Waals surface area contributed by atoms with E-state index >= 15 is 0 Å². The normalized spacial score (nSPS) is 24.2. The molecule has 0 aliphatic heterocycles. The average Bonchev–Trinajstić information content (AvgIpc) is 2.28. The lowest BCUT2D eigenvalue weighted by atomic mass is 9.80. The van der Waals surface area contributed by atoms with Crippen LogP contribution in [0.25, 0.3) is 0 Å². The maximum absolute atomic E-state index is 3.69. The SMILES string of the molecule is CCCN[C@@H]1CCc2cccc(Br)c2[C@@H]1C. The van der Waals surface area contributed by atoms with E-state index in [1.807, 2.05) is 0 Å². The van der Waals surface area contributed by atoms with Crippen molar-refractivity contribution in [3.63, 3.8) is 0 Å². The monoisotopic (exact) mass is 281 g/mol. The van der Waals surface area contributed by atoms with Crippen molar-refractivity contribution in [1.29, 1.82) is 0 Å². The number of benzene rings is 1. The predicted octanol–water partition coefficient (Wildman–Crippen LogP) is 3.87. The minimum atomic E-state index is 0.617. The summed E-state index contributed by atoms with van der Waals surface area (Å²) in [5.74, 6) is 0.617. The van der Waals surface area contributed by atoms with Gasteiger partial charge in [-0.25, -0.2) is 0 Å². The molecule has 0 bridgehead atoms. The van der Waals surface area contributed by atoms with Crippen LogP contribution < -0.4 is 5.32 Å². The van der Waals surface area contributed by atoms with Crippen LogP contribution in [-0.2, 0) is 6.42 Å². The van der Waals surface area contributed by atoms with Crippen molar-refractivity contribution in [3.8, 4) is 0 Å². The van der Waals surface area contributed by atoms with Crippen LogP contribution in [-0.4, -0.2) is 12.6 Å². The standard InChI is InChI=1S/C14H20BrN/c1-3-9-16-13-8-7-11-5-4-6-12(15)14(11)10(13)2/h4-6,10,13,16H,3,7-9H2,1-2H3/t10-,13-/m1/s1. The van der Waals surface area contributed by atoms with E-state index in [0.717, 1.165) is 6.54 Å². The van der Waals surface area contributed by atoms with Gasteiger partial charge >= 0.3 is 0 Å². The first-order valence-electron chi connectivity index (χ1n) is 6.24. The van der Waals surface area contributed by atoms with Gasteiger partial charge in [0.15, 0.2) is 0 Å². The molecule has 1 aliphatic rings. The molecule has 0 heterocycles. The number of halogens is 1. The molecule has 2 heteroatoms. The van der Waals surface area contributed by atoms with Gasteiger partial charge in [-0.05, 0) is 48.9 Å². The van der Waals surface area contributed by atoms with Crippen molar-refractivity contribution < 1.29 is 0 Å². The number of fused-ring (bicyclic) bond motifs is 1. The van der Waals surface area contributed by atoms with Crippen molar-refractivity contribution in [2.24, 2.45) is 0 Å². The van der Waals surface area contributed by atoms with E-state index in [-0.39, 0.29) is 0 Å². The molecule has 1 aromatic rings. The zero-order chi connectivity index (χ0) is 11.5. The second-order valence-corrected chi connectivity index (χ2v) is 5.55. The van der Waals surface area contributed by atoms with Crippen LogP contribution in [0.3, 0.4) is 0 Å². The molecule has 1 aromatic carbocycles. The van der Waals surface area contributed by atoms with Crippen LogP contribution in [0.2, 0.25) is 0 Å². The molecule has 0 amide bonds. The van der Waals surface area contributed by atoms with Crippen molar-refractivity contribution in [2.45, 2.75) is 45.1 Å². The van der Waals surface area contributed by atoms with Gasteiger partial charge in [0.1, 0.15) is 0 Å². The second kappa shape index (κ2) is 5.33. The highest BCUT2D eigenvalue weighted by atomic mass is 79.9. The first-order chi connectivity index (χ1) is 7.74. The first kappa shape index (κ1) is 12.1. The number of aryl methyl sites for hydroxylation is 1. The number of hydrogen-bond donors (Lipinski definition) is 1. The summed E-state index contributed by atoms with van der Waals surface area (Å²) in [6.07, 6.45) is 3.69. The Hall–Kier alpha value is -0.340. The lowest BCUT2D eigenvalue weighted by molar-refractivity contribution is 0.403. The summed E-state index contributed by atoms with van der Waals surface area (Å²) in [5.41, 5.74) is 3.04. The largest absolute Gasteiger partial charge is 0.313 e. The third-order valence-electron chi connectivity index (χ3n) is 3.58. The molecule has 0 unspecified atom stereocenters.